The fourth-order valence-corrected chi connectivity index (χ4v) is 3.78. The van der Waals surface area contributed by atoms with Crippen molar-refractivity contribution in [3.8, 4) is 0 Å². The quantitative estimate of drug-likeness (QED) is 0.386. The average Bonchev–Trinajstić information content (AvgIpc) is 2.69. The number of ether oxygens (including phenoxy) is 1. The molecule has 0 aliphatic heterocycles. The number of nitrogens with one attached hydrogen (secondary N) is 2. The topological polar surface area (TPSA) is 128 Å². The van der Waals surface area contributed by atoms with Gasteiger partial charge in [0.1, 0.15) is 17.7 Å². The predicted octanol–water partition coefficient (Wildman–Crippen LogP) is 2.36. The van der Waals surface area contributed by atoms with Crippen LogP contribution in [0.2, 0.25) is 0 Å². The summed E-state index contributed by atoms with van der Waals surface area (Å²) >= 11 is 0. The van der Waals surface area contributed by atoms with Crippen molar-refractivity contribution in [3.63, 3.8) is 0 Å². The molecule has 0 aromatic heterocycles. The third-order valence-corrected chi connectivity index (χ3v) is 5.03. The fraction of sp³-hybridized carbons (Fsp3) is 0.640. The Morgan fingerprint density at radius 2 is 1.65 bits per heavy atom. The summed E-state index contributed by atoms with van der Waals surface area (Å²) in [4.78, 5) is 40.3. The highest BCUT2D eigenvalue weighted by molar-refractivity contribution is 5.92. The number of alkyl carbamates (subject to hydrolysis) is 1. The lowest BCUT2D eigenvalue weighted by Crippen LogP contribution is -2.55. The zero-order chi connectivity index (χ0) is 26.1. The summed E-state index contributed by atoms with van der Waals surface area (Å²) in [6.45, 7) is 11.4. The van der Waals surface area contributed by atoms with Crippen LogP contribution < -0.4 is 10.6 Å². The number of carbonyl (C=O) groups is 3. The van der Waals surface area contributed by atoms with E-state index in [0.717, 1.165) is 24.0 Å². The Kier molecular flexibility index (Phi) is 11.5. The number of hydrogen-bond donors (Lipinski definition) is 4. The van der Waals surface area contributed by atoms with Crippen LogP contribution in [0.15, 0.2) is 18.2 Å². The molecular formula is C25H41N3O6. The van der Waals surface area contributed by atoms with E-state index in [9.17, 15) is 24.6 Å². The highest BCUT2D eigenvalue weighted by atomic mass is 16.6. The second-order valence-corrected chi connectivity index (χ2v) is 9.66. The third-order valence-electron chi connectivity index (χ3n) is 5.03. The molecule has 34 heavy (non-hydrogen) atoms. The van der Waals surface area contributed by atoms with Gasteiger partial charge in [-0.3, -0.25) is 9.59 Å². The van der Waals surface area contributed by atoms with E-state index in [2.05, 4.69) is 10.6 Å². The van der Waals surface area contributed by atoms with Crippen molar-refractivity contribution < 1.29 is 29.3 Å². The molecule has 0 aliphatic rings. The second kappa shape index (κ2) is 13.3. The summed E-state index contributed by atoms with van der Waals surface area (Å²) in [5.41, 5.74) is 1.61. The summed E-state index contributed by atoms with van der Waals surface area (Å²) in [5, 5.41) is 24.9. The van der Waals surface area contributed by atoms with E-state index < -0.39 is 48.8 Å². The van der Waals surface area contributed by atoms with Gasteiger partial charge in [0.15, 0.2) is 0 Å². The van der Waals surface area contributed by atoms with Crippen LogP contribution in [-0.2, 0) is 14.3 Å². The van der Waals surface area contributed by atoms with Crippen molar-refractivity contribution in [2.75, 3.05) is 19.8 Å². The van der Waals surface area contributed by atoms with E-state index in [1.807, 2.05) is 45.9 Å². The molecule has 0 fully saturated rings. The van der Waals surface area contributed by atoms with Crippen molar-refractivity contribution in [1.82, 2.24) is 15.5 Å². The number of benzene rings is 1. The largest absolute Gasteiger partial charge is 0.444 e. The first-order valence-corrected chi connectivity index (χ1v) is 11.7. The molecule has 1 aromatic rings. The molecule has 9 nitrogen and oxygen atoms in total. The van der Waals surface area contributed by atoms with Crippen molar-refractivity contribution in [2.24, 2.45) is 0 Å². The number of nitrogens with zero attached hydrogens (tertiary/aromatic N) is 1. The highest BCUT2D eigenvalue weighted by Gasteiger charge is 2.36. The summed E-state index contributed by atoms with van der Waals surface area (Å²) in [6, 6.07) is 3.05. The summed E-state index contributed by atoms with van der Waals surface area (Å²) in [6.07, 6.45) is 0.771. The van der Waals surface area contributed by atoms with E-state index >= 15 is 0 Å². The van der Waals surface area contributed by atoms with Crippen molar-refractivity contribution in [2.45, 2.75) is 85.0 Å². The van der Waals surface area contributed by atoms with Gasteiger partial charge in [-0.1, -0.05) is 42.7 Å². The van der Waals surface area contributed by atoms with Gasteiger partial charge in [0.2, 0.25) is 11.8 Å². The molecule has 0 heterocycles. The molecule has 0 radical (unpaired) electrons. The second-order valence-electron chi connectivity index (χ2n) is 9.66. The van der Waals surface area contributed by atoms with Crippen LogP contribution in [-0.4, -0.2) is 70.5 Å². The maximum atomic E-state index is 13.5. The minimum atomic E-state index is -1.35. The Morgan fingerprint density at radius 3 is 2.12 bits per heavy atom. The number of rotatable bonds is 11. The van der Waals surface area contributed by atoms with Gasteiger partial charge < -0.3 is 30.5 Å². The maximum Gasteiger partial charge on any atom is 0.408 e. The Hall–Kier alpha value is -2.65. The van der Waals surface area contributed by atoms with Crippen LogP contribution in [0.1, 0.15) is 70.2 Å². The van der Waals surface area contributed by atoms with E-state index in [1.165, 1.54) is 4.90 Å². The number of amides is 3. The van der Waals surface area contributed by atoms with Crippen LogP contribution >= 0.6 is 0 Å². The van der Waals surface area contributed by atoms with Gasteiger partial charge in [-0.2, -0.15) is 0 Å². The first-order valence-electron chi connectivity index (χ1n) is 11.7. The summed E-state index contributed by atoms with van der Waals surface area (Å²) in [5.74, 6) is -1.11. The minimum Gasteiger partial charge on any atom is -0.444 e. The Morgan fingerprint density at radius 1 is 1.06 bits per heavy atom. The first-order chi connectivity index (χ1) is 15.8. The lowest BCUT2D eigenvalue weighted by molar-refractivity contribution is -0.144. The number of aryl methyl sites for hydroxylation is 2. The Balaban J connectivity index is 3.39. The molecule has 3 atom stereocenters. The number of aliphatic hydroxyl groups excluding tert-OH is 2. The third kappa shape index (κ3) is 9.30. The molecule has 3 unspecified atom stereocenters. The molecule has 1 rings (SSSR count). The van der Waals surface area contributed by atoms with Gasteiger partial charge in [0.25, 0.3) is 0 Å². The number of hydrogen-bond acceptors (Lipinski definition) is 6. The van der Waals surface area contributed by atoms with Crippen LogP contribution in [0.25, 0.3) is 0 Å². The lowest BCUT2D eigenvalue weighted by atomic mass is 9.98. The molecule has 192 valence electrons. The lowest BCUT2D eigenvalue weighted by Gasteiger charge is -2.34. The van der Waals surface area contributed by atoms with E-state index in [1.54, 1.807) is 20.8 Å². The fourth-order valence-electron chi connectivity index (χ4n) is 3.78. The zero-order valence-corrected chi connectivity index (χ0v) is 21.5. The van der Waals surface area contributed by atoms with Gasteiger partial charge >= 0.3 is 6.09 Å². The summed E-state index contributed by atoms with van der Waals surface area (Å²) in [7, 11) is 0. The van der Waals surface area contributed by atoms with E-state index in [0.29, 0.717) is 5.56 Å². The molecule has 1 aromatic carbocycles. The minimum absolute atomic E-state index is 0.120. The average molecular weight is 480 g/mol. The van der Waals surface area contributed by atoms with Crippen LogP contribution in [0.4, 0.5) is 4.79 Å². The van der Waals surface area contributed by atoms with Gasteiger partial charge in [-0.05, 0) is 53.5 Å². The Bertz CT molecular complexity index is 816. The Labute approximate surface area is 202 Å². The van der Waals surface area contributed by atoms with E-state index in [-0.39, 0.29) is 12.6 Å². The van der Waals surface area contributed by atoms with Crippen LogP contribution in [0.5, 0.6) is 0 Å². The molecule has 0 bridgehead atoms. The van der Waals surface area contributed by atoms with Crippen molar-refractivity contribution >= 4 is 17.9 Å². The SMILES string of the molecule is CCCC(C)NC(=O)C(c1cc(C)cc(C)c1)N(CCO)C(=O)C(CO)NC(=O)OC(C)(C)C. The van der Waals surface area contributed by atoms with Crippen molar-refractivity contribution in [3.05, 3.63) is 34.9 Å². The molecule has 0 saturated heterocycles. The van der Waals surface area contributed by atoms with Gasteiger partial charge in [0.05, 0.1) is 13.2 Å². The predicted molar refractivity (Wildman–Crippen MR) is 130 cm³/mol. The molecule has 4 N–H and O–H groups in total. The molecule has 9 heteroatoms. The van der Waals surface area contributed by atoms with Crippen LogP contribution in [0.3, 0.4) is 0 Å². The van der Waals surface area contributed by atoms with Crippen molar-refractivity contribution in [1.29, 1.82) is 0 Å². The van der Waals surface area contributed by atoms with Gasteiger partial charge in [-0.25, -0.2) is 4.79 Å². The molecule has 0 aliphatic carbocycles. The van der Waals surface area contributed by atoms with Gasteiger partial charge in [0, 0.05) is 12.6 Å². The standard InChI is InChI=1S/C25H41N3O6/c1-8-9-18(4)26-22(31)21(19-13-16(2)12-17(3)14-19)28(10-11-29)23(32)20(15-30)27-24(33)34-25(5,6)7/h12-14,18,20-21,29-30H,8-11,15H2,1-7H3,(H,26,31)(H,27,33). The maximum absolute atomic E-state index is 13.5. The molecule has 0 saturated carbocycles. The molecular weight excluding hydrogens is 438 g/mol. The monoisotopic (exact) mass is 479 g/mol. The molecule has 3 amide bonds. The molecule has 0 spiro atoms. The van der Waals surface area contributed by atoms with Crippen LogP contribution in [0, 0.1) is 13.8 Å². The number of aliphatic hydroxyl groups is 2. The first kappa shape index (κ1) is 29.4. The normalized spacial score (nSPS) is 14.0. The van der Waals surface area contributed by atoms with Gasteiger partial charge in [-0.15, -0.1) is 0 Å². The zero-order valence-electron chi connectivity index (χ0n) is 21.5. The smallest absolute Gasteiger partial charge is 0.408 e. The number of carbonyl (C=O) groups excluding carboxylic acids is 3. The highest BCUT2D eigenvalue weighted by Crippen LogP contribution is 2.25. The van der Waals surface area contributed by atoms with E-state index in [4.69, 9.17) is 4.74 Å². The summed E-state index contributed by atoms with van der Waals surface area (Å²) < 4.78 is 5.20.